The van der Waals surface area contributed by atoms with Gasteiger partial charge in [0.05, 0.1) is 11.7 Å². The fourth-order valence-electron chi connectivity index (χ4n) is 2.51. The lowest BCUT2D eigenvalue weighted by molar-refractivity contribution is -0.119. The van der Waals surface area contributed by atoms with Crippen molar-refractivity contribution in [3.05, 3.63) is 24.0 Å². The molecule has 0 spiro atoms. The summed E-state index contributed by atoms with van der Waals surface area (Å²) in [5, 5.41) is 8.31. The molecule has 3 N–H and O–H groups in total. The lowest BCUT2D eigenvalue weighted by atomic mass is 9.92. The van der Waals surface area contributed by atoms with E-state index >= 15 is 0 Å². The van der Waals surface area contributed by atoms with Gasteiger partial charge in [-0.05, 0) is 43.5 Å². The normalized spacial score (nSPS) is 21.7. The summed E-state index contributed by atoms with van der Waals surface area (Å²) in [4.78, 5) is 23.3. The first kappa shape index (κ1) is 15.4. The van der Waals surface area contributed by atoms with Gasteiger partial charge in [-0.1, -0.05) is 6.92 Å². The number of nitrogens with one attached hydrogen (secondary N) is 3. The summed E-state index contributed by atoms with van der Waals surface area (Å²) < 4.78 is 13.8. The number of hydrogen-bond donors (Lipinski definition) is 3. The first-order valence-electron chi connectivity index (χ1n) is 7.09. The number of rotatable bonds is 3. The second-order valence-corrected chi connectivity index (χ2v) is 5.42. The van der Waals surface area contributed by atoms with Gasteiger partial charge in [0.2, 0.25) is 11.8 Å². The maximum absolute atomic E-state index is 13.8. The van der Waals surface area contributed by atoms with Crippen molar-refractivity contribution in [2.24, 2.45) is 5.92 Å². The van der Waals surface area contributed by atoms with Gasteiger partial charge in [-0.15, -0.1) is 0 Å². The van der Waals surface area contributed by atoms with E-state index in [0.29, 0.717) is 5.69 Å². The molecule has 5 nitrogen and oxygen atoms in total. The van der Waals surface area contributed by atoms with Crippen LogP contribution in [0.4, 0.5) is 15.8 Å². The van der Waals surface area contributed by atoms with E-state index in [1.807, 2.05) is 6.92 Å². The molecule has 21 heavy (non-hydrogen) atoms. The Bertz CT molecular complexity index is 548. The first-order chi connectivity index (χ1) is 9.97. The third-order valence-electron chi connectivity index (χ3n) is 3.60. The van der Waals surface area contributed by atoms with Crippen molar-refractivity contribution in [2.75, 3.05) is 17.2 Å². The molecule has 1 aliphatic heterocycles. The second kappa shape index (κ2) is 6.67. The Hall–Kier alpha value is -1.95. The van der Waals surface area contributed by atoms with Crippen LogP contribution in [0, 0.1) is 11.7 Å². The Morgan fingerprint density at radius 3 is 2.76 bits per heavy atom. The van der Waals surface area contributed by atoms with Crippen molar-refractivity contribution in [2.45, 2.75) is 32.7 Å². The third-order valence-corrected chi connectivity index (χ3v) is 3.60. The van der Waals surface area contributed by atoms with Crippen LogP contribution >= 0.6 is 0 Å². The molecule has 2 amide bonds. The average Bonchev–Trinajstić information content (AvgIpc) is 2.42. The van der Waals surface area contributed by atoms with Gasteiger partial charge in [-0.2, -0.15) is 0 Å². The van der Waals surface area contributed by atoms with E-state index in [2.05, 4.69) is 16.0 Å². The minimum absolute atomic E-state index is 0.0748. The van der Waals surface area contributed by atoms with Gasteiger partial charge in [0.15, 0.2) is 0 Å². The molecule has 1 aromatic rings. The lowest BCUT2D eigenvalue weighted by Crippen LogP contribution is -2.48. The molecule has 0 bridgehead atoms. The number of halogens is 1. The maximum atomic E-state index is 13.8. The fraction of sp³-hybridized carbons (Fsp3) is 0.467. The minimum Gasteiger partial charge on any atom is -0.326 e. The molecule has 114 valence electrons. The Labute approximate surface area is 123 Å². The highest BCUT2D eigenvalue weighted by atomic mass is 19.1. The molecule has 1 saturated heterocycles. The van der Waals surface area contributed by atoms with E-state index in [9.17, 15) is 14.0 Å². The van der Waals surface area contributed by atoms with Gasteiger partial charge < -0.3 is 16.0 Å². The second-order valence-electron chi connectivity index (χ2n) is 5.42. The zero-order chi connectivity index (χ0) is 15.4. The van der Waals surface area contributed by atoms with Gasteiger partial charge in [0, 0.05) is 12.6 Å². The number of piperidine rings is 1. The van der Waals surface area contributed by atoms with Crippen molar-refractivity contribution < 1.29 is 14.0 Å². The largest absolute Gasteiger partial charge is 0.326 e. The summed E-state index contributed by atoms with van der Waals surface area (Å²) in [5.41, 5.74) is 0.523. The molecule has 0 saturated carbocycles. The molecule has 0 aliphatic carbocycles. The molecule has 2 atom stereocenters. The van der Waals surface area contributed by atoms with Crippen LogP contribution in [0.15, 0.2) is 18.2 Å². The molecule has 1 aliphatic rings. The Morgan fingerprint density at radius 2 is 2.10 bits per heavy atom. The van der Waals surface area contributed by atoms with E-state index in [4.69, 9.17) is 0 Å². The van der Waals surface area contributed by atoms with Gasteiger partial charge in [-0.25, -0.2) is 4.39 Å². The highest BCUT2D eigenvalue weighted by molar-refractivity contribution is 5.96. The summed E-state index contributed by atoms with van der Waals surface area (Å²) in [7, 11) is 0. The summed E-state index contributed by atoms with van der Waals surface area (Å²) in [6.07, 6.45) is 2.01. The predicted molar refractivity (Wildman–Crippen MR) is 79.5 cm³/mol. The molecule has 1 aromatic carbocycles. The van der Waals surface area contributed by atoms with Crippen LogP contribution in [0.1, 0.15) is 26.7 Å². The lowest BCUT2D eigenvalue weighted by Gasteiger charge is -2.29. The number of carbonyl (C=O) groups excluding carboxylic acids is 2. The highest BCUT2D eigenvalue weighted by Crippen LogP contribution is 2.22. The van der Waals surface area contributed by atoms with Crippen molar-refractivity contribution >= 4 is 23.2 Å². The van der Waals surface area contributed by atoms with Gasteiger partial charge in [0.25, 0.3) is 0 Å². The number of benzene rings is 1. The quantitative estimate of drug-likeness (QED) is 0.799. The van der Waals surface area contributed by atoms with E-state index in [-0.39, 0.29) is 29.5 Å². The smallest absolute Gasteiger partial charge is 0.241 e. The molecule has 2 rings (SSSR count). The van der Waals surface area contributed by atoms with Crippen molar-refractivity contribution in [3.8, 4) is 0 Å². The van der Waals surface area contributed by atoms with E-state index in [1.54, 1.807) is 0 Å². The monoisotopic (exact) mass is 293 g/mol. The van der Waals surface area contributed by atoms with E-state index in [1.165, 1.54) is 25.1 Å². The number of anilines is 2. The Balaban J connectivity index is 2.10. The minimum atomic E-state index is -0.527. The van der Waals surface area contributed by atoms with Gasteiger partial charge >= 0.3 is 0 Å². The Kier molecular flexibility index (Phi) is 4.90. The predicted octanol–water partition coefficient (Wildman–Crippen LogP) is 2.11. The van der Waals surface area contributed by atoms with Crippen molar-refractivity contribution in [1.29, 1.82) is 0 Å². The standard InChI is InChI=1S/C15H20FN3O2/c1-9-4-3-7-17-14(9)15(21)19-13-8-11(18-10(2)20)5-6-12(13)16/h5-6,8-9,14,17H,3-4,7H2,1-2H3,(H,18,20)(H,19,21). The van der Waals surface area contributed by atoms with Crippen LogP contribution in [0.5, 0.6) is 0 Å². The molecule has 0 radical (unpaired) electrons. The molecule has 2 unspecified atom stereocenters. The molecular formula is C15H20FN3O2. The maximum Gasteiger partial charge on any atom is 0.241 e. The third kappa shape index (κ3) is 4.01. The summed E-state index contributed by atoms with van der Waals surface area (Å²) in [6, 6.07) is 3.77. The van der Waals surface area contributed by atoms with Crippen LogP contribution in [0.2, 0.25) is 0 Å². The van der Waals surface area contributed by atoms with Crippen molar-refractivity contribution in [3.63, 3.8) is 0 Å². The molecule has 0 aromatic heterocycles. The number of carbonyl (C=O) groups is 2. The van der Waals surface area contributed by atoms with Crippen LogP contribution in [0.25, 0.3) is 0 Å². The SMILES string of the molecule is CC(=O)Nc1ccc(F)c(NC(=O)C2NCCCC2C)c1. The number of amides is 2. The number of hydrogen-bond acceptors (Lipinski definition) is 3. The Morgan fingerprint density at radius 1 is 1.33 bits per heavy atom. The van der Waals surface area contributed by atoms with Crippen LogP contribution in [-0.2, 0) is 9.59 Å². The topological polar surface area (TPSA) is 70.2 Å². The zero-order valence-electron chi connectivity index (χ0n) is 12.2. The van der Waals surface area contributed by atoms with E-state index in [0.717, 1.165) is 19.4 Å². The highest BCUT2D eigenvalue weighted by Gasteiger charge is 2.27. The molecular weight excluding hydrogens is 273 g/mol. The summed E-state index contributed by atoms with van der Waals surface area (Å²) >= 11 is 0. The van der Waals surface area contributed by atoms with Crippen LogP contribution < -0.4 is 16.0 Å². The molecule has 6 heteroatoms. The van der Waals surface area contributed by atoms with Crippen LogP contribution in [0.3, 0.4) is 0 Å². The fourth-order valence-corrected chi connectivity index (χ4v) is 2.51. The summed E-state index contributed by atoms with van der Waals surface area (Å²) in [5.74, 6) is -0.816. The van der Waals surface area contributed by atoms with Gasteiger partial charge in [-0.3, -0.25) is 9.59 Å². The van der Waals surface area contributed by atoms with Gasteiger partial charge in [0.1, 0.15) is 5.82 Å². The van der Waals surface area contributed by atoms with Crippen LogP contribution in [-0.4, -0.2) is 24.4 Å². The molecule has 1 fully saturated rings. The summed E-state index contributed by atoms with van der Waals surface area (Å²) in [6.45, 7) is 4.16. The van der Waals surface area contributed by atoms with Crippen molar-refractivity contribution in [1.82, 2.24) is 5.32 Å². The molecule has 1 heterocycles. The zero-order valence-corrected chi connectivity index (χ0v) is 12.2. The first-order valence-corrected chi connectivity index (χ1v) is 7.09. The average molecular weight is 293 g/mol. The van der Waals surface area contributed by atoms with E-state index < -0.39 is 5.82 Å².